The molecule has 1 aromatic heterocycles. The first-order valence-electron chi connectivity index (χ1n) is 11.1. The van der Waals surface area contributed by atoms with Crippen LogP contribution in [0.2, 0.25) is 0 Å². The third-order valence-corrected chi connectivity index (χ3v) is 6.56. The van der Waals surface area contributed by atoms with Gasteiger partial charge in [-0.25, -0.2) is 9.18 Å². The second kappa shape index (κ2) is 11.4. The van der Waals surface area contributed by atoms with E-state index in [1.54, 1.807) is 12.1 Å². The van der Waals surface area contributed by atoms with Gasteiger partial charge in [0.1, 0.15) is 5.82 Å². The Morgan fingerprint density at radius 3 is 2.47 bits per heavy atom. The summed E-state index contributed by atoms with van der Waals surface area (Å²) < 4.78 is 15.4. The Morgan fingerprint density at radius 1 is 1.12 bits per heavy atom. The van der Waals surface area contributed by atoms with Crippen molar-refractivity contribution in [1.82, 2.24) is 30.3 Å². The Hall–Kier alpha value is -2.46. The molecule has 1 fully saturated rings. The molecule has 1 aliphatic rings. The van der Waals surface area contributed by atoms with Crippen molar-refractivity contribution in [3.8, 4) is 5.69 Å². The van der Waals surface area contributed by atoms with Crippen molar-refractivity contribution < 1.29 is 14.0 Å². The lowest BCUT2D eigenvalue weighted by molar-refractivity contribution is -0.117. The topological polar surface area (TPSA) is 92.2 Å². The molecule has 0 bridgehead atoms. The number of carbonyl (C=O) groups is 2. The smallest absolute Gasteiger partial charge is 0.321 e. The number of nitrogens with one attached hydrogen (secondary N) is 2. The van der Waals surface area contributed by atoms with Gasteiger partial charge in [-0.1, -0.05) is 25.1 Å². The third-order valence-electron chi connectivity index (χ3n) is 5.63. The van der Waals surface area contributed by atoms with Gasteiger partial charge in [-0.2, -0.15) is 0 Å². The standard InChI is InChI=1S/C22H31FN6O2S/c1-4-15(2)24-21(31)25-19(30)14-32-22-27-26-20(16(3)28-12-6-5-7-13-28)29(22)18-10-8-17(23)9-11-18/h8-11,15-16H,4-7,12-14H2,1-3H3,(H2,24,25,30,31)/t15-,16+/m1/s1. The van der Waals surface area contributed by atoms with Crippen LogP contribution in [-0.2, 0) is 4.79 Å². The summed E-state index contributed by atoms with van der Waals surface area (Å²) >= 11 is 1.19. The molecular formula is C22H31FN6O2S. The first-order chi connectivity index (χ1) is 15.4. The number of hydrogen-bond donors (Lipinski definition) is 2. The number of likely N-dealkylation sites (tertiary alicyclic amines) is 1. The zero-order valence-electron chi connectivity index (χ0n) is 18.8. The number of halogens is 1. The molecule has 8 nitrogen and oxygen atoms in total. The van der Waals surface area contributed by atoms with Gasteiger partial charge in [0, 0.05) is 11.7 Å². The number of nitrogens with zero attached hydrogens (tertiary/aromatic N) is 4. The fourth-order valence-corrected chi connectivity index (χ4v) is 4.36. The molecule has 0 spiro atoms. The number of hydrogen-bond acceptors (Lipinski definition) is 6. The van der Waals surface area contributed by atoms with Gasteiger partial charge in [0.25, 0.3) is 0 Å². The van der Waals surface area contributed by atoms with Gasteiger partial charge < -0.3 is 5.32 Å². The summed E-state index contributed by atoms with van der Waals surface area (Å²) in [5.41, 5.74) is 0.729. The molecule has 0 unspecified atom stereocenters. The van der Waals surface area contributed by atoms with E-state index in [0.717, 1.165) is 43.9 Å². The molecule has 2 atom stereocenters. The van der Waals surface area contributed by atoms with E-state index in [4.69, 9.17) is 0 Å². The van der Waals surface area contributed by atoms with Gasteiger partial charge in [0.15, 0.2) is 11.0 Å². The molecule has 2 aromatic rings. The Bertz CT molecular complexity index is 914. The number of imide groups is 1. The summed E-state index contributed by atoms with van der Waals surface area (Å²) in [5, 5.41) is 14.3. The molecule has 32 heavy (non-hydrogen) atoms. The molecule has 0 saturated carbocycles. The average Bonchev–Trinajstić information content (AvgIpc) is 3.22. The monoisotopic (exact) mass is 462 g/mol. The first-order valence-corrected chi connectivity index (χ1v) is 12.1. The summed E-state index contributed by atoms with van der Waals surface area (Å²) in [6, 6.07) is 5.64. The normalized spacial score (nSPS) is 16.4. The summed E-state index contributed by atoms with van der Waals surface area (Å²) in [4.78, 5) is 26.5. The van der Waals surface area contributed by atoms with E-state index in [0.29, 0.717) is 5.16 Å². The number of benzene rings is 1. The van der Waals surface area contributed by atoms with Crippen molar-refractivity contribution in [2.45, 2.75) is 63.7 Å². The molecule has 0 radical (unpaired) electrons. The summed E-state index contributed by atoms with van der Waals surface area (Å²) in [6.07, 6.45) is 4.30. The molecule has 2 N–H and O–H groups in total. The molecule has 2 heterocycles. The number of aromatic nitrogens is 3. The van der Waals surface area contributed by atoms with Crippen LogP contribution < -0.4 is 10.6 Å². The van der Waals surface area contributed by atoms with E-state index in [1.165, 1.54) is 30.3 Å². The van der Waals surface area contributed by atoms with Gasteiger partial charge in [-0.05, 0) is 70.5 Å². The molecule has 174 valence electrons. The predicted molar refractivity (Wildman–Crippen MR) is 122 cm³/mol. The fourth-order valence-electron chi connectivity index (χ4n) is 3.60. The SMILES string of the molecule is CC[C@@H](C)NC(=O)NC(=O)CSc1nnc([C@H](C)N2CCCCC2)n1-c1ccc(F)cc1. The summed E-state index contributed by atoms with van der Waals surface area (Å²) in [5.74, 6) is 0.00473. The maximum Gasteiger partial charge on any atom is 0.321 e. The fraction of sp³-hybridized carbons (Fsp3) is 0.545. The van der Waals surface area contributed by atoms with Crippen LogP contribution in [0.5, 0.6) is 0 Å². The van der Waals surface area contributed by atoms with E-state index < -0.39 is 11.9 Å². The quantitative estimate of drug-likeness (QED) is 0.582. The molecule has 10 heteroatoms. The second-order valence-corrected chi connectivity index (χ2v) is 8.99. The highest BCUT2D eigenvalue weighted by Crippen LogP contribution is 2.29. The van der Waals surface area contributed by atoms with Gasteiger partial charge in [-0.15, -0.1) is 10.2 Å². The van der Waals surface area contributed by atoms with E-state index in [9.17, 15) is 14.0 Å². The van der Waals surface area contributed by atoms with Crippen LogP contribution in [0.15, 0.2) is 29.4 Å². The zero-order valence-corrected chi connectivity index (χ0v) is 19.6. The number of carbonyl (C=O) groups excluding carboxylic acids is 2. The minimum absolute atomic E-state index is 0.00531. The van der Waals surface area contributed by atoms with Crippen LogP contribution in [0.3, 0.4) is 0 Å². The zero-order chi connectivity index (χ0) is 23.1. The highest BCUT2D eigenvalue weighted by atomic mass is 32.2. The van der Waals surface area contributed by atoms with Crippen molar-refractivity contribution in [1.29, 1.82) is 0 Å². The molecular weight excluding hydrogens is 431 g/mol. The molecule has 1 saturated heterocycles. The van der Waals surface area contributed by atoms with Crippen LogP contribution >= 0.6 is 11.8 Å². The van der Waals surface area contributed by atoms with Crippen LogP contribution in [0, 0.1) is 5.82 Å². The highest BCUT2D eigenvalue weighted by Gasteiger charge is 2.26. The summed E-state index contributed by atoms with van der Waals surface area (Å²) in [7, 11) is 0. The lowest BCUT2D eigenvalue weighted by Crippen LogP contribution is -2.43. The number of urea groups is 1. The lowest BCUT2D eigenvalue weighted by atomic mass is 10.1. The molecule has 0 aliphatic carbocycles. The number of rotatable bonds is 8. The second-order valence-electron chi connectivity index (χ2n) is 8.04. The Labute approximate surface area is 192 Å². The average molecular weight is 463 g/mol. The van der Waals surface area contributed by atoms with Crippen LogP contribution in [0.1, 0.15) is 58.3 Å². The van der Waals surface area contributed by atoms with Crippen molar-refractivity contribution in [3.63, 3.8) is 0 Å². The first kappa shape index (κ1) is 24.2. The van der Waals surface area contributed by atoms with Crippen LogP contribution in [0.25, 0.3) is 5.69 Å². The number of piperidine rings is 1. The van der Waals surface area contributed by atoms with Crippen LogP contribution in [-0.4, -0.2) is 56.5 Å². The molecule has 1 aliphatic heterocycles. The third kappa shape index (κ3) is 6.29. The Balaban J connectivity index is 1.76. The van der Waals surface area contributed by atoms with Gasteiger partial charge in [0.2, 0.25) is 5.91 Å². The van der Waals surface area contributed by atoms with Gasteiger partial charge in [-0.3, -0.25) is 19.6 Å². The van der Waals surface area contributed by atoms with Crippen molar-refractivity contribution >= 4 is 23.7 Å². The van der Waals surface area contributed by atoms with Crippen molar-refractivity contribution in [3.05, 3.63) is 35.9 Å². The predicted octanol–water partition coefficient (Wildman–Crippen LogP) is 3.67. The van der Waals surface area contributed by atoms with Crippen molar-refractivity contribution in [2.24, 2.45) is 0 Å². The molecule has 3 rings (SSSR count). The number of thioether (sulfide) groups is 1. The Morgan fingerprint density at radius 2 is 1.81 bits per heavy atom. The minimum Gasteiger partial charge on any atom is -0.335 e. The minimum atomic E-state index is -0.510. The van der Waals surface area contributed by atoms with Crippen LogP contribution in [0.4, 0.5) is 9.18 Å². The van der Waals surface area contributed by atoms with E-state index in [1.807, 2.05) is 18.4 Å². The van der Waals surface area contributed by atoms with Crippen molar-refractivity contribution in [2.75, 3.05) is 18.8 Å². The van der Waals surface area contributed by atoms with Gasteiger partial charge >= 0.3 is 6.03 Å². The largest absolute Gasteiger partial charge is 0.335 e. The maximum atomic E-state index is 13.5. The molecule has 1 aromatic carbocycles. The Kier molecular flexibility index (Phi) is 8.63. The van der Waals surface area contributed by atoms with E-state index >= 15 is 0 Å². The lowest BCUT2D eigenvalue weighted by Gasteiger charge is -2.31. The highest BCUT2D eigenvalue weighted by molar-refractivity contribution is 7.99. The van der Waals surface area contributed by atoms with E-state index in [2.05, 4.69) is 32.7 Å². The summed E-state index contributed by atoms with van der Waals surface area (Å²) in [6.45, 7) is 7.90. The maximum absolute atomic E-state index is 13.5. The van der Waals surface area contributed by atoms with E-state index in [-0.39, 0.29) is 23.7 Å². The molecule has 3 amide bonds. The number of amides is 3. The van der Waals surface area contributed by atoms with Gasteiger partial charge in [0.05, 0.1) is 11.8 Å².